The lowest BCUT2D eigenvalue weighted by atomic mass is 9.82. The molecule has 0 amide bonds. The zero-order chi connectivity index (χ0) is 9.73. The molecule has 13 heavy (non-hydrogen) atoms. The average molecular weight is 184 g/mol. The van der Waals surface area contributed by atoms with Crippen LogP contribution in [0.2, 0.25) is 0 Å². The molecule has 2 unspecified atom stereocenters. The van der Waals surface area contributed by atoms with Gasteiger partial charge in [-0.1, -0.05) is 13.8 Å². The van der Waals surface area contributed by atoms with Gasteiger partial charge in [0.15, 0.2) is 0 Å². The molecule has 0 radical (unpaired) electrons. The Morgan fingerprint density at radius 3 is 2.85 bits per heavy atom. The van der Waals surface area contributed by atoms with E-state index in [9.17, 15) is 0 Å². The molecule has 78 valence electrons. The number of rotatable bonds is 4. The Bertz CT molecular complexity index is 139. The second-order valence-corrected chi connectivity index (χ2v) is 4.78. The second kappa shape index (κ2) is 4.97. The minimum absolute atomic E-state index is 0.488. The molecule has 1 fully saturated rings. The number of piperidine rings is 1. The molecule has 0 bridgehead atoms. The van der Waals surface area contributed by atoms with Crippen molar-refractivity contribution in [3.05, 3.63) is 0 Å². The molecule has 1 heterocycles. The average Bonchev–Trinajstić information content (AvgIpc) is 2.15. The third-order valence-corrected chi connectivity index (χ3v) is 3.18. The summed E-state index contributed by atoms with van der Waals surface area (Å²) in [6, 6.07) is 0.666. The van der Waals surface area contributed by atoms with Gasteiger partial charge in [0.2, 0.25) is 0 Å². The van der Waals surface area contributed by atoms with Gasteiger partial charge in [0.1, 0.15) is 0 Å². The molecule has 2 heteroatoms. The molecule has 0 saturated carbocycles. The van der Waals surface area contributed by atoms with Crippen molar-refractivity contribution in [2.75, 3.05) is 19.6 Å². The quantitative estimate of drug-likeness (QED) is 0.696. The van der Waals surface area contributed by atoms with Gasteiger partial charge in [0, 0.05) is 19.1 Å². The van der Waals surface area contributed by atoms with E-state index < -0.39 is 0 Å². The van der Waals surface area contributed by atoms with Gasteiger partial charge in [-0.2, -0.15) is 0 Å². The first-order valence-electron chi connectivity index (χ1n) is 5.60. The van der Waals surface area contributed by atoms with Crippen molar-refractivity contribution in [3.63, 3.8) is 0 Å². The van der Waals surface area contributed by atoms with E-state index in [-0.39, 0.29) is 0 Å². The van der Waals surface area contributed by atoms with Gasteiger partial charge >= 0.3 is 0 Å². The van der Waals surface area contributed by atoms with Crippen molar-refractivity contribution in [1.82, 2.24) is 10.6 Å². The highest BCUT2D eigenvalue weighted by Gasteiger charge is 2.26. The van der Waals surface area contributed by atoms with Gasteiger partial charge in [-0.25, -0.2) is 0 Å². The van der Waals surface area contributed by atoms with E-state index in [0.29, 0.717) is 11.5 Å². The molecule has 0 aromatic rings. The lowest BCUT2D eigenvalue weighted by molar-refractivity contribution is 0.219. The van der Waals surface area contributed by atoms with Crippen molar-refractivity contribution in [1.29, 1.82) is 0 Å². The maximum atomic E-state index is 3.60. The van der Waals surface area contributed by atoms with Crippen molar-refractivity contribution in [2.24, 2.45) is 5.41 Å². The van der Waals surface area contributed by atoms with Gasteiger partial charge in [-0.05, 0) is 38.1 Å². The van der Waals surface area contributed by atoms with Crippen molar-refractivity contribution < 1.29 is 0 Å². The maximum Gasteiger partial charge on any atom is 0.00363 e. The van der Waals surface area contributed by atoms with Gasteiger partial charge < -0.3 is 10.6 Å². The van der Waals surface area contributed by atoms with Gasteiger partial charge in [-0.3, -0.25) is 0 Å². The number of nitrogens with one attached hydrogen (secondary N) is 2. The van der Waals surface area contributed by atoms with Gasteiger partial charge in [0.05, 0.1) is 0 Å². The zero-order valence-electron chi connectivity index (χ0n) is 9.32. The first kappa shape index (κ1) is 11.0. The van der Waals surface area contributed by atoms with E-state index >= 15 is 0 Å². The highest BCUT2D eigenvalue weighted by Crippen LogP contribution is 2.24. The first-order chi connectivity index (χ1) is 6.16. The fourth-order valence-corrected chi connectivity index (χ4v) is 1.83. The normalized spacial score (nSPS) is 31.6. The van der Waals surface area contributed by atoms with Crippen LogP contribution in [0.3, 0.4) is 0 Å². The molecule has 0 aromatic carbocycles. The van der Waals surface area contributed by atoms with E-state index in [1.54, 1.807) is 0 Å². The standard InChI is InChI=1S/C11H24N2/c1-4-10(2)13-9-11(3)6-5-7-12-8-11/h10,12-13H,4-9H2,1-3H3. The first-order valence-corrected chi connectivity index (χ1v) is 5.60. The summed E-state index contributed by atoms with van der Waals surface area (Å²) in [7, 11) is 0. The minimum Gasteiger partial charge on any atom is -0.316 e. The third-order valence-electron chi connectivity index (χ3n) is 3.18. The topological polar surface area (TPSA) is 24.1 Å². The molecular formula is C11H24N2. The van der Waals surface area contributed by atoms with Crippen LogP contribution >= 0.6 is 0 Å². The molecular weight excluding hydrogens is 160 g/mol. The number of hydrogen-bond donors (Lipinski definition) is 2. The molecule has 2 nitrogen and oxygen atoms in total. The van der Waals surface area contributed by atoms with Crippen LogP contribution in [0.15, 0.2) is 0 Å². The van der Waals surface area contributed by atoms with Crippen molar-refractivity contribution in [3.8, 4) is 0 Å². The van der Waals surface area contributed by atoms with Crippen LogP contribution in [0.1, 0.15) is 40.0 Å². The Balaban J connectivity index is 2.24. The third kappa shape index (κ3) is 3.65. The summed E-state index contributed by atoms with van der Waals surface area (Å²) >= 11 is 0. The summed E-state index contributed by atoms with van der Waals surface area (Å²) in [5.74, 6) is 0. The molecule has 1 saturated heterocycles. The predicted molar refractivity (Wildman–Crippen MR) is 58.0 cm³/mol. The summed E-state index contributed by atoms with van der Waals surface area (Å²) in [6.07, 6.45) is 3.92. The Hall–Kier alpha value is -0.0800. The highest BCUT2D eigenvalue weighted by molar-refractivity contribution is 4.83. The van der Waals surface area contributed by atoms with Crippen LogP contribution in [0.5, 0.6) is 0 Å². The molecule has 0 aromatic heterocycles. The van der Waals surface area contributed by atoms with E-state index in [1.807, 2.05) is 0 Å². The Labute approximate surface area is 82.5 Å². The molecule has 2 atom stereocenters. The van der Waals surface area contributed by atoms with E-state index in [2.05, 4.69) is 31.4 Å². The highest BCUT2D eigenvalue weighted by atomic mass is 15.0. The fourth-order valence-electron chi connectivity index (χ4n) is 1.83. The molecule has 1 rings (SSSR count). The summed E-state index contributed by atoms with van der Waals surface area (Å²) in [5.41, 5.74) is 0.488. The predicted octanol–water partition coefficient (Wildman–Crippen LogP) is 1.76. The van der Waals surface area contributed by atoms with Crippen LogP contribution in [0, 0.1) is 5.41 Å². The van der Waals surface area contributed by atoms with E-state index in [0.717, 1.165) is 6.54 Å². The Morgan fingerprint density at radius 2 is 2.31 bits per heavy atom. The molecule has 1 aliphatic heterocycles. The molecule has 1 aliphatic rings. The van der Waals surface area contributed by atoms with Crippen LogP contribution in [0.25, 0.3) is 0 Å². The Morgan fingerprint density at radius 1 is 1.54 bits per heavy atom. The largest absolute Gasteiger partial charge is 0.316 e. The summed E-state index contributed by atoms with van der Waals surface area (Å²) < 4.78 is 0. The fraction of sp³-hybridized carbons (Fsp3) is 1.00. The zero-order valence-corrected chi connectivity index (χ0v) is 9.32. The lowest BCUT2D eigenvalue weighted by Crippen LogP contribution is -2.46. The molecule has 2 N–H and O–H groups in total. The Kier molecular flexibility index (Phi) is 4.20. The minimum atomic E-state index is 0.488. The van der Waals surface area contributed by atoms with Crippen LogP contribution in [0.4, 0.5) is 0 Å². The molecule has 0 aliphatic carbocycles. The second-order valence-electron chi connectivity index (χ2n) is 4.78. The van der Waals surface area contributed by atoms with Gasteiger partial charge in [0.25, 0.3) is 0 Å². The monoisotopic (exact) mass is 184 g/mol. The summed E-state index contributed by atoms with van der Waals surface area (Å²) in [4.78, 5) is 0. The van der Waals surface area contributed by atoms with E-state index in [1.165, 1.54) is 32.4 Å². The lowest BCUT2D eigenvalue weighted by Gasteiger charge is -2.35. The van der Waals surface area contributed by atoms with Crippen molar-refractivity contribution >= 4 is 0 Å². The van der Waals surface area contributed by atoms with Crippen LogP contribution < -0.4 is 10.6 Å². The van der Waals surface area contributed by atoms with Gasteiger partial charge in [-0.15, -0.1) is 0 Å². The maximum absolute atomic E-state index is 3.60. The SMILES string of the molecule is CCC(C)NCC1(C)CCCNC1. The smallest absolute Gasteiger partial charge is 0.00363 e. The van der Waals surface area contributed by atoms with Crippen LogP contribution in [-0.2, 0) is 0 Å². The van der Waals surface area contributed by atoms with Crippen LogP contribution in [-0.4, -0.2) is 25.7 Å². The van der Waals surface area contributed by atoms with E-state index in [4.69, 9.17) is 0 Å². The molecule has 0 spiro atoms. The summed E-state index contributed by atoms with van der Waals surface area (Å²) in [5, 5.41) is 7.08. The number of hydrogen-bond acceptors (Lipinski definition) is 2. The summed E-state index contributed by atoms with van der Waals surface area (Å²) in [6.45, 7) is 10.4. The van der Waals surface area contributed by atoms with Crippen molar-refractivity contribution in [2.45, 2.75) is 46.1 Å².